The van der Waals surface area contributed by atoms with Crippen molar-refractivity contribution in [2.24, 2.45) is 0 Å². The molecule has 0 amide bonds. The van der Waals surface area contributed by atoms with Crippen molar-refractivity contribution in [3.63, 3.8) is 0 Å². The van der Waals surface area contributed by atoms with Crippen LogP contribution in [0.5, 0.6) is 0 Å². The van der Waals surface area contributed by atoms with Crippen LogP contribution in [-0.4, -0.2) is 42.3 Å². The number of benzene rings is 2. The van der Waals surface area contributed by atoms with Gasteiger partial charge in [0.15, 0.2) is 5.43 Å². The maximum Gasteiger partial charge on any atom is 0.197 e. The normalized spacial score (nSPS) is 12.3. The third kappa shape index (κ3) is 5.86. The van der Waals surface area contributed by atoms with Gasteiger partial charge in [-0.2, -0.15) is 0 Å². The molecule has 0 spiro atoms. The Hall–Kier alpha value is -1.37. The number of nitrogens with one attached hydrogen (secondary N) is 1. The molecule has 30 heavy (non-hydrogen) atoms. The van der Waals surface area contributed by atoms with Gasteiger partial charge in [-0.15, -0.1) is 23.7 Å². The van der Waals surface area contributed by atoms with Crippen LogP contribution in [0.2, 0.25) is 5.02 Å². The average Bonchev–Trinajstić information content (AvgIpc) is 2.67. The van der Waals surface area contributed by atoms with E-state index in [0.717, 1.165) is 58.5 Å². The van der Waals surface area contributed by atoms with Gasteiger partial charge in [0.25, 0.3) is 0 Å². The summed E-state index contributed by atoms with van der Waals surface area (Å²) >= 11 is 7.75. The maximum atomic E-state index is 13.2. The molecule has 0 aliphatic carbocycles. The van der Waals surface area contributed by atoms with Crippen LogP contribution in [0.1, 0.15) is 32.3 Å². The molecule has 3 rings (SSSR count). The molecule has 0 fully saturated rings. The van der Waals surface area contributed by atoms with Crippen molar-refractivity contribution in [1.82, 2.24) is 4.90 Å². The summed E-state index contributed by atoms with van der Waals surface area (Å²) in [5, 5.41) is 15.3. The fourth-order valence-electron chi connectivity index (χ4n) is 3.60. The van der Waals surface area contributed by atoms with Gasteiger partial charge in [-0.1, -0.05) is 31.0 Å². The number of hydrogen-bond acceptors (Lipinski definition) is 5. The molecule has 0 bridgehead atoms. The smallest absolute Gasteiger partial charge is 0.197 e. The Morgan fingerprint density at radius 3 is 2.70 bits per heavy atom. The van der Waals surface area contributed by atoms with E-state index in [1.807, 2.05) is 32.0 Å². The Morgan fingerprint density at radius 2 is 2.00 bits per heavy atom. The van der Waals surface area contributed by atoms with Crippen molar-refractivity contribution in [1.29, 1.82) is 0 Å². The highest BCUT2D eigenvalue weighted by Gasteiger charge is 2.13. The quantitative estimate of drug-likeness (QED) is 0.395. The number of hydrogen-bond donors (Lipinski definition) is 2. The van der Waals surface area contributed by atoms with Crippen LogP contribution in [0.3, 0.4) is 0 Å². The maximum absolute atomic E-state index is 13.2. The fourth-order valence-corrected chi connectivity index (χ4v) is 5.05. The first kappa shape index (κ1) is 24.9. The molecule has 2 aromatic carbocycles. The van der Waals surface area contributed by atoms with Crippen LogP contribution in [0.4, 0.5) is 5.69 Å². The van der Waals surface area contributed by atoms with Gasteiger partial charge in [0, 0.05) is 45.1 Å². The van der Waals surface area contributed by atoms with Gasteiger partial charge in [0.05, 0.1) is 11.5 Å². The molecule has 1 aromatic heterocycles. The van der Waals surface area contributed by atoms with Crippen LogP contribution in [0, 0.1) is 6.92 Å². The number of aliphatic hydroxyl groups excluding tert-OH is 1. The molecule has 0 aliphatic heterocycles. The highest BCUT2D eigenvalue weighted by Crippen LogP contribution is 2.32. The van der Waals surface area contributed by atoms with E-state index in [4.69, 9.17) is 11.6 Å². The van der Waals surface area contributed by atoms with Crippen LogP contribution in [0.25, 0.3) is 20.2 Å². The van der Waals surface area contributed by atoms with E-state index in [-0.39, 0.29) is 23.9 Å². The summed E-state index contributed by atoms with van der Waals surface area (Å²) in [5.41, 5.74) is 2.01. The van der Waals surface area contributed by atoms with Crippen molar-refractivity contribution in [2.75, 3.05) is 31.5 Å². The van der Waals surface area contributed by atoms with Gasteiger partial charge >= 0.3 is 0 Å². The zero-order valence-corrected chi connectivity index (χ0v) is 20.1. The lowest BCUT2D eigenvalue weighted by Crippen LogP contribution is -2.35. The third-order valence-electron chi connectivity index (χ3n) is 5.08. The number of aryl methyl sites for hydroxylation is 1. The van der Waals surface area contributed by atoms with Gasteiger partial charge in [-0.25, -0.2) is 0 Å². The topological polar surface area (TPSA) is 52.6 Å². The minimum absolute atomic E-state index is 0. The summed E-state index contributed by atoms with van der Waals surface area (Å²) in [4.78, 5) is 15.5. The zero-order chi connectivity index (χ0) is 21.0. The summed E-state index contributed by atoms with van der Waals surface area (Å²) < 4.78 is 1.92. The van der Waals surface area contributed by atoms with Crippen molar-refractivity contribution >= 4 is 61.2 Å². The molecule has 0 aliphatic rings. The first-order valence-electron chi connectivity index (χ1n) is 10.2. The Balaban J connectivity index is 0.00000320. The average molecular weight is 469 g/mol. The van der Waals surface area contributed by atoms with Gasteiger partial charge in [-0.3, -0.25) is 9.69 Å². The number of halogens is 2. The predicted octanol–water partition coefficient (Wildman–Crippen LogP) is 5.69. The first-order chi connectivity index (χ1) is 13.9. The molecule has 0 saturated heterocycles. The number of aliphatic hydroxyl groups is 1. The van der Waals surface area contributed by atoms with Gasteiger partial charge in [0.1, 0.15) is 0 Å². The van der Waals surface area contributed by atoms with Crippen molar-refractivity contribution in [3.05, 3.63) is 51.1 Å². The number of rotatable bonds is 9. The van der Waals surface area contributed by atoms with Crippen molar-refractivity contribution in [3.8, 4) is 0 Å². The highest BCUT2D eigenvalue weighted by atomic mass is 35.5. The minimum atomic E-state index is -0.347. The van der Waals surface area contributed by atoms with E-state index in [2.05, 4.69) is 23.2 Å². The molecule has 1 atom stereocenters. The Morgan fingerprint density at radius 1 is 1.23 bits per heavy atom. The van der Waals surface area contributed by atoms with E-state index in [9.17, 15) is 9.90 Å². The van der Waals surface area contributed by atoms with E-state index in [0.29, 0.717) is 17.0 Å². The Kier molecular flexibility index (Phi) is 9.38. The molecule has 3 aromatic rings. The Labute approximate surface area is 193 Å². The molecule has 7 heteroatoms. The molecule has 164 valence electrons. The second-order valence-corrected chi connectivity index (χ2v) is 9.12. The number of fused-ring (bicyclic) bond motifs is 2. The minimum Gasteiger partial charge on any atom is -0.392 e. The molecule has 0 radical (unpaired) electrons. The van der Waals surface area contributed by atoms with Gasteiger partial charge in [0.2, 0.25) is 0 Å². The summed E-state index contributed by atoms with van der Waals surface area (Å²) in [6.07, 6.45) is 1.89. The van der Waals surface area contributed by atoms with Crippen LogP contribution in [-0.2, 0) is 0 Å². The largest absolute Gasteiger partial charge is 0.392 e. The first-order valence-corrected chi connectivity index (χ1v) is 11.4. The molecule has 0 saturated carbocycles. The lowest BCUT2D eigenvalue weighted by Gasteiger charge is -2.24. The van der Waals surface area contributed by atoms with Crippen LogP contribution < -0.4 is 10.7 Å². The van der Waals surface area contributed by atoms with Crippen LogP contribution >= 0.6 is 35.3 Å². The summed E-state index contributed by atoms with van der Waals surface area (Å²) in [6.45, 7) is 9.20. The Bertz CT molecular complexity index is 1050. The predicted molar refractivity (Wildman–Crippen MR) is 134 cm³/mol. The molecule has 4 nitrogen and oxygen atoms in total. The lowest BCUT2D eigenvalue weighted by atomic mass is 10.1. The summed E-state index contributed by atoms with van der Waals surface area (Å²) in [5.74, 6) is 0. The van der Waals surface area contributed by atoms with E-state index >= 15 is 0 Å². The molecular weight excluding hydrogens is 439 g/mol. The number of nitrogens with zero attached hydrogens (tertiary/aromatic N) is 1. The summed E-state index contributed by atoms with van der Waals surface area (Å²) in [7, 11) is 0. The van der Waals surface area contributed by atoms with Crippen molar-refractivity contribution in [2.45, 2.75) is 39.7 Å². The number of anilines is 1. The highest BCUT2D eigenvalue weighted by molar-refractivity contribution is 7.24. The van der Waals surface area contributed by atoms with Crippen LogP contribution in [0.15, 0.2) is 35.1 Å². The second kappa shape index (κ2) is 11.3. The van der Waals surface area contributed by atoms with E-state index in [1.54, 1.807) is 17.4 Å². The zero-order valence-electron chi connectivity index (χ0n) is 17.7. The van der Waals surface area contributed by atoms with Gasteiger partial charge in [-0.05, 0) is 56.6 Å². The molecule has 2 N–H and O–H groups in total. The molecule has 1 heterocycles. The fraction of sp³-hybridized carbons (Fsp3) is 0.435. The molecule has 1 unspecified atom stereocenters. The van der Waals surface area contributed by atoms with Gasteiger partial charge < -0.3 is 10.4 Å². The van der Waals surface area contributed by atoms with Crippen molar-refractivity contribution < 1.29 is 5.11 Å². The molecular formula is C23H30Cl2N2O2S. The SMILES string of the molecule is CCCCN(CCNc1ccc(C)c2sc3cc(Cl)ccc3c(=O)c12)CC(C)O.Cl. The second-order valence-electron chi connectivity index (χ2n) is 7.64. The monoisotopic (exact) mass is 468 g/mol. The lowest BCUT2D eigenvalue weighted by molar-refractivity contribution is 0.128. The third-order valence-corrected chi connectivity index (χ3v) is 6.60. The number of unbranched alkanes of at least 4 members (excludes halogenated alkanes) is 1. The van der Waals surface area contributed by atoms with E-state index in [1.165, 1.54) is 0 Å². The van der Waals surface area contributed by atoms with E-state index < -0.39 is 0 Å². The summed E-state index contributed by atoms with van der Waals surface area (Å²) in [6, 6.07) is 9.51. The standard InChI is InChI=1S/C23H29ClN2O2S.ClH/c1-4-5-11-26(14-16(3)27)12-10-25-19-9-6-15(2)23-21(19)22(28)18-8-7-17(24)13-20(18)29-23;/h6-9,13,16,25,27H,4-5,10-12,14H2,1-3H3;1H.